The standard InChI is InChI=1S/C31H33N7O9/c32-36-34-11-15-44-13-1-3-27(39)20-5-7-22-23-8-6-21(28(40)4-2-14-45-16-12-35-37-33)18-25(23)26(24(22)17-20)19-46-31(43)47-38-29(41)9-10-30(38)42/h5-8,17-18,26H,1-4,9-16,19H2. The summed E-state index contributed by atoms with van der Waals surface area (Å²) >= 11 is 0. The minimum Gasteiger partial charge on any atom is -0.432 e. The zero-order valence-corrected chi connectivity index (χ0v) is 25.5. The van der Waals surface area contributed by atoms with Gasteiger partial charge in [0, 0.05) is 78.9 Å². The average Bonchev–Trinajstić information content (AvgIpc) is 3.56. The summed E-state index contributed by atoms with van der Waals surface area (Å²) in [5.74, 6) is -2.10. The summed E-state index contributed by atoms with van der Waals surface area (Å²) in [6.45, 7) is 1.33. The number of carbonyl (C=O) groups excluding carboxylic acids is 5. The molecule has 4 rings (SSSR count). The lowest BCUT2D eigenvalue weighted by Gasteiger charge is -2.17. The molecule has 246 valence electrons. The Bertz CT molecular complexity index is 1510. The number of ketones is 2. The molecular weight excluding hydrogens is 614 g/mol. The molecule has 2 aromatic carbocycles. The number of benzene rings is 2. The minimum absolute atomic E-state index is 0.0627. The van der Waals surface area contributed by atoms with Crippen LogP contribution in [0.5, 0.6) is 0 Å². The maximum Gasteiger partial charge on any atom is 0.533 e. The summed E-state index contributed by atoms with van der Waals surface area (Å²) in [5, 5.41) is 7.18. The highest BCUT2D eigenvalue weighted by Gasteiger charge is 2.35. The van der Waals surface area contributed by atoms with E-state index in [4.69, 9.17) is 30.1 Å². The van der Waals surface area contributed by atoms with Gasteiger partial charge in [0.25, 0.3) is 11.8 Å². The zero-order chi connectivity index (χ0) is 33.6. The van der Waals surface area contributed by atoms with Crippen molar-refractivity contribution in [3.05, 3.63) is 79.5 Å². The first kappa shape index (κ1) is 34.6. The number of fused-ring (bicyclic) bond motifs is 3. The molecule has 0 bridgehead atoms. The lowest BCUT2D eigenvalue weighted by Crippen LogP contribution is -2.32. The molecule has 0 aromatic heterocycles. The number of ether oxygens (including phenoxy) is 3. The quantitative estimate of drug-likeness (QED) is 0.0351. The number of hydrogen-bond acceptors (Lipinski definition) is 11. The first-order valence-electron chi connectivity index (χ1n) is 15.1. The van der Waals surface area contributed by atoms with E-state index >= 15 is 0 Å². The molecule has 47 heavy (non-hydrogen) atoms. The smallest absolute Gasteiger partial charge is 0.432 e. The van der Waals surface area contributed by atoms with Crippen molar-refractivity contribution in [2.24, 2.45) is 10.2 Å². The van der Waals surface area contributed by atoms with Crippen LogP contribution in [0.2, 0.25) is 0 Å². The first-order chi connectivity index (χ1) is 22.8. The fourth-order valence-corrected chi connectivity index (χ4v) is 5.26. The van der Waals surface area contributed by atoms with Crippen molar-refractivity contribution in [1.29, 1.82) is 0 Å². The second-order valence-corrected chi connectivity index (χ2v) is 10.6. The molecule has 1 aliphatic carbocycles. The number of nitrogens with zero attached hydrogens (tertiary/aromatic N) is 7. The summed E-state index contributed by atoms with van der Waals surface area (Å²) in [6.07, 6.45) is -0.00538. The molecule has 1 fully saturated rings. The topological polar surface area (TPSA) is 223 Å². The lowest BCUT2D eigenvalue weighted by atomic mass is 9.93. The van der Waals surface area contributed by atoms with E-state index in [1.54, 1.807) is 24.3 Å². The van der Waals surface area contributed by atoms with Crippen LogP contribution in [0, 0.1) is 0 Å². The predicted molar refractivity (Wildman–Crippen MR) is 164 cm³/mol. The van der Waals surface area contributed by atoms with Gasteiger partial charge in [-0.15, -0.1) is 0 Å². The second-order valence-electron chi connectivity index (χ2n) is 10.6. The minimum atomic E-state index is -1.23. The number of hydrogen-bond donors (Lipinski definition) is 0. The van der Waals surface area contributed by atoms with Crippen molar-refractivity contribution < 1.29 is 43.0 Å². The van der Waals surface area contributed by atoms with Gasteiger partial charge in [0.2, 0.25) is 0 Å². The van der Waals surface area contributed by atoms with Gasteiger partial charge in [-0.2, -0.15) is 0 Å². The second kappa shape index (κ2) is 17.4. The molecule has 2 aliphatic rings. The van der Waals surface area contributed by atoms with E-state index in [0.717, 1.165) is 11.1 Å². The van der Waals surface area contributed by atoms with Crippen LogP contribution >= 0.6 is 0 Å². The van der Waals surface area contributed by atoms with E-state index in [-0.39, 0.29) is 70.2 Å². The van der Waals surface area contributed by atoms with Crippen molar-refractivity contribution in [1.82, 2.24) is 5.06 Å². The Balaban J connectivity index is 1.47. The number of hydroxylamine groups is 2. The largest absolute Gasteiger partial charge is 0.533 e. The van der Waals surface area contributed by atoms with Crippen LogP contribution in [0.3, 0.4) is 0 Å². The molecule has 2 aromatic rings. The summed E-state index contributed by atoms with van der Waals surface area (Å²) < 4.78 is 16.1. The molecule has 1 heterocycles. The third kappa shape index (κ3) is 9.37. The molecular formula is C31H33N7O9. The molecule has 1 aliphatic heterocycles. The van der Waals surface area contributed by atoms with Gasteiger partial charge in [-0.25, -0.2) is 4.79 Å². The van der Waals surface area contributed by atoms with Crippen molar-refractivity contribution in [3.8, 4) is 11.1 Å². The van der Waals surface area contributed by atoms with Gasteiger partial charge >= 0.3 is 6.16 Å². The Labute approximate surface area is 269 Å². The third-order valence-corrected chi connectivity index (χ3v) is 7.51. The molecule has 0 saturated carbocycles. The number of rotatable bonds is 19. The molecule has 2 amide bonds. The zero-order valence-electron chi connectivity index (χ0n) is 25.5. The van der Waals surface area contributed by atoms with Crippen LogP contribution in [-0.2, 0) is 28.6 Å². The molecule has 0 unspecified atom stereocenters. The van der Waals surface area contributed by atoms with Crippen molar-refractivity contribution in [2.45, 2.75) is 44.4 Å². The van der Waals surface area contributed by atoms with E-state index in [9.17, 15) is 24.0 Å². The van der Waals surface area contributed by atoms with Crippen molar-refractivity contribution in [3.63, 3.8) is 0 Å². The van der Waals surface area contributed by atoms with E-state index in [2.05, 4.69) is 20.1 Å². The van der Waals surface area contributed by atoms with Crippen molar-refractivity contribution >= 4 is 29.5 Å². The maximum atomic E-state index is 13.0. The van der Waals surface area contributed by atoms with Crippen molar-refractivity contribution in [2.75, 3.05) is 46.1 Å². The highest BCUT2D eigenvalue weighted by molar-refractivity contribution is 6.01. The Hall–Kier alpha value is -5.27. The number of imide groups is 1. The van der Waals surface area contributed by atoms with Crippen LogP contribution in [-0.4, -0.2) is 80.7 Å². The third-order valence-electron chi connectivity index (χ3n) is 7.51. The normalized spacial score (nSPS) is 14.6. The van der Waals surface area contributed by atoms with Gasteiger partial charge in [-0.05, 0) is 58.3 Å². The Kier molecular flexibility index (Phi) is 12.8. The molecule has 0 radical (unpaired) electrons. The molecule has 16 heteroatoms. The highest BCUT2D eigenvalue weighted by Crippen LogP contribution is 2.46. The molecule has 1 saturated heterocycles. The van der Waals surface area contributed by atoms with Gasteiger partial charge in [0.1, 0.15) is 6.61 Å². The van der Waals surface area contributed by atoms with E-state index < -0.39 is 23.9 Å². The molecule has 0 spiro atoms. The van der Waals surface area contributed by atoms with Gasteiger partial charge in [0.15, 0.2) is 11.6 Å². The number of Topliss-reactive ketones (excluding diaryl/α,β-unsaturated/α-hetero) is 2. The maximum absolute atomic E-state index is 13.0. The Morgan fingerprint density at radius 1 is 0.766 bits per heavy atom. The molecule has 0 N–H and O–H groups in total. The van der Waals surface area contributed by atoms with Gasteiger partial charge in [-0.1, -0.05) is 39.6 Å². The first-order valence-corrected chi connectivity index (χ1v) is 15.1. The highest BCUT2D eigenvalue weighted by atomic mass is 16.8. The average molecular weight is 648 g/mol. The van der Waals surface area contributed by atoms with Crippen LogP contribution in [0.25, 0.3) is 32.0 Å². The number of carbonyl (C=O) groups is 5. The fourth-order valence-electron chi connectivity index (χ4n) is 5.26. The van der Waals surface area contributed by atoms with Crippen LogP contribution < -0.4 is 0 Å². The van der Waals surface area contributed by atoms with Crippen LogP contribution in [0.1, 0.15) is 76.3 Å². The van der Waals surface area contributed by atoms with E-state index in [1.165, 1.54) is 0 Å². The SMILES string of the molecule is [N-]=[N+]=NCCOCCCC(=O)c1ccc2c(c1)C(COC(=O)ON1C(=O)CCC1=O)c1cc(C(=O)CCCOCCN=[N+]=[N-])ccc1-2. The Morgan fingerprint density at radius 3 is 1.72 bits per heavy atom. The monoisotopic (exact) mass is 647 g/mol. The van der Waals surface area contributed by atoms with E-state index in [1.807, 2.05) is 12.1 Å². The lowest BCUT2D eigenvalue weighted by molar-refractivity contribution is -0.177. The summed E-state index contributed by atoms with van der Waals surface area (Å²) in [6, 6.07) is 10.5. The van der Waals surface area contributed by atoms with Gasteiger partial charge in [0.05, 0.1) is 13.2 Å². The Morgan fingerprint density at radius 2 is 1.26 bits per heavy atom. The van der Waals surface area contributed by atoms with Gasteiger partial charge < -0.3 is 14.2 Å². The van der Waals surface area contributed by atoms with Crippen LogP contribution in [0.15, 0.2) is 46.6 Å². The predicted octanol–water partition coefficient (Wildman–Crippen LogP) is 5.60. The van der Waals surface area contributed by atoms with Crippen LogP contribution in [0.4, 0.5) is 4.79 Å². The fraction of sp³-hybridized carbons (Fsp3) is 0.452. The summed E-state index contributed by atoms with van der Waals surface area (Å²) in [7, 11) is 0. The van der Waals surface area contributed by atoms with E-state index in [0.29, 0.717) is 53.4 Å². The number of azide groups is 2. The molecule has 0 atom stereocenters. The summed E-state index contributed by atoms with van der Waals surface area (Å²) in [4.78, 5) is 72.5. The number of amides is 2. The molecule has 16 nitrogen and oxygen atoms in total. The summed E-state index contributed by atoms with van der Waals surface area (Å²) in [5.41, 5.74) is 20.6. The van der Waals surface area contributed by atoms with Gasteiger partial charge in [-0.3, -0.25) is 24.0 Å².